The molecule has 1 atom stereocenters. The summed E-state index contributed by atoms with van der Waals surface area (Å²) in [6.45, 7) is 8.82. The van der Waals surface area contributed by atoms with Crippen molar-refractivity contribution in [1.29, 1.82) is 0 Å². The molecule has 2 aromatic rings. The van der Waals surface area contributed by atoms with Crippen molar-refractivity contribution in [1.82, 2.24) is 9.47 Å². The van der Waals surface area contributed by atoms with Crippen LogP contribution in [0.4, 0.5) is 4.79 Å². The van der Waals surface area contributed by atoms with Crippen molar-refractivity contribution in [3.63, 3.8) is 0 Å². The van der Waals surface area contributed by atoms with Gasteiger partial charge in [0.15, 0.2) is 0 Å². The Morgan fingerprint density at radius 2 is 2.03 bits per heavy atom. The molecule has 1 aliphatic heterocycles. The number of benzene rings is 1. The molecule has 1 saturated heterocycles. The van der Waals surface area contributed by atoms with Crippen LogP contribution >= 0.6 is 22.6 Å². The van der Waals surface area contributed by atoms with Gasteiger partial charge in [-0.05, 0) is 68.5 Å². The van der Waals surface area contributed by atoms with Gasteiger partial charge in [0.25, 0.3) is 0 Å². The fourth-order valence-corrected chi connectivity index (χ4v) is 3.96. The van der Waals surface area contributed by atoms with Crippen LogP contribution in [-0.2, 0) is 20.8 Å². The van der Waals surface area contributed by atoms with Gasteiger partial charge < -0.3 is 18.8 Å². The Balaban J connectivity index is 2.02. The van der Waals surface area contributed by atoms with Crippen molar-refractivity contribution >= 4 is 45.6 Å². The quantitative estimate of drug-likeness (QED) is 0.435. The average Bonchev–Trinajstić information content (AvgIpc) is 2.69. The number of esters is 1. The number of nitrogens with zero attached hydrogens (tertiary/aromatic N) is 2. The van der Waals surface area contributed by atoms with E-state index in [1.54, 1.807) is 17.9 Å². The van der Waals surface area contributed by atoms with Crippen LogP contribution in [0.1, 0.15) is 38.1 Å². The van der Waals surface area contributed by atoms with Crippen LogP contribution in [-0.4, -0.2) is 59.5 Å². The normalized spacial score (nSPS) is 16.9. The fraction of sp³-hybridized carbons (Fsp3) is 0.500. The Labute approximate surface area is 194 Å². The SMILES string of the molecule is CCOC(=O)c1cn(C[C@H]2COCCN2C(=O)OC(C)(C)C)c2ccc(I)cc2c1=O. The summed E-state index contributed by atoms with van der Waals surface area (Å²) in [6, 6.07) is 5.17. The van der Waals surface area contributed by atoms with Gasteiger partial charge in [-0.2, -0.15) is 0 Å². The van der Waals surface area contributed by atoms with E-state index in [1.807, 2.05) is 37.5 Å². The van der Waals surface area contributed by atoms with Gasteiger partial charge in [-0.3, -0.25) is 9.69 Å². The Kier molecular flexibility index (Phi) is 7.25. The molecular formula is C22H27IN2O6. The Hall–Kier alpha value is -2.14. The molecule has 0 unspecified atom stereocenters. The lowest BCUT2D eigenvalue weighted by molar-refractivity contribution is -0.0356. The highest BCUT2D eigenvalue weighted by Crippen LogP contribution is 2.20. The van der Waals surface area contributed by atoms with Crippen molar-refractivity contribution in [2.24, 2.45) is 0 Å². The lowest BCUT2D eigenvalue weighted by atomic mass is 10.1. The van der Waals surface area contributed by atoms with Gasteiger partial charge in [0.05, 0.1) is 31.4 Å². The first-order chi connectivity index (χ1) is 14.6. The number of morpholine rings is 1. The molecule has 1 fully saturated rings. The number of ether oxygens (including phenoxy) is 3. The van der Waals surface area contributed by atoms with Gasteiger partial charge in [0, 0.05) is 28.2 Å². The number of hydrogen-bond acceptors (Lipinski definition) is 6. The summed E-state index contributed by atoms with van der Waals surface area (Å²) < 4.78 is 19.0. The van der Waals surface area contributed by atoms with E-state index in [4.69, 9.17) is 14.2 Å². The second-order valence-electron chi connectivity index (χ2n) is 8.31. The maximum atomic E-state index is 12.9. The van der Waals surface area contributed by atoms with Crippen LogP contribution in [0.2, 0.25) is 0 Å². The Bertz CT molecular complexity index is 1040. The van der Waals surface area contributed by atoms with Crippen molar-refractivity contribution in [2.45, 2.75) is 45.9 Å². The molecule has 1 aromatic heterocycles. The largest absolute Gasteiger partial charge is 0.462 e. The van der Waals surface area contributed by atoms with Crippen LogP contribution in [0.25, 0.3) is 10.9 Å². The van der Waals surface area contributed by atoms with E-state index >= 15 is 0 Å². The number of fused-ring (bicyclic) bond motifs is 1. The van der Waals surface area contributed by atoms with E-state index < -0.39 is 17.7 Å². The lowest BCUT2D eigenvalue weighted by Gasteiger charge is -2.37. The second-order valence-corrected chi connectivity index (χ2v) is 9.55. The van der Waals surface area contributed by atoms with Gasteiger partial charge in [0.2, 0.25) is 5.43 Å². The number of halogens is 1. The summed E-state index contributed by atoms with van der Waals surface area (Å²) in [5, 5.41) is 0.429. The molecule has 8 nitrogen and oxygen atoms in total. The number of hydrogen-bond donors (Lipinski definition) is 0. The van der Waals surface area contributed by atoms with Crippen LogP contribution in [0.3, 0.4) is 0 Å². The van der Waals surface area contributed by atoms with Crippen LogP contribution < -0.4 is 5.43 Å². The van der Waals surface area contributed by atoms with Crippen molar-refractivity contribution < 1.29 is 23.8 Å². The van der Waals surface area contributed by atoms with Gasteiger partial charge >= 0.3 is 12.1 Å². The third-order valence-corrected chi connectivity index (χ3v) is 5.47. The molecular weight excluding hydrogens is 515 g/mol. The fourth-order valence-electron chi connectivity index (χ4n) is 3.47. The minimum Gasteiger partial charge on any atom is -0.462 e. The maximum Gasteiger partial charge on any atom is 0.410 e. The van der Waals surface area contributed by atoms with Gasteiger partial charge in [-0.25, -0.2) is 9.59 Å². The highest BCUT2D eigenvalue weighted by Gasteiger charge is 2.32. The number of carbonyl (C=O) groups is 2. The molecule has 2 heterocycles. The molecule has 0 N–H and O–H groups in total. The minimum absolute atomic E-state index is 0.0307. The van der Waals surface area contributed by atoms with Crippen molar-refractivity contribution in [2.75, 3.05) is 26.4 Å². The predicted molar refractivity (Wildman–Crippen MR) is 124 cm³/mol. The van der Waals surface area contributed by atoms with E-state index in [-0.39, 0.29) is 23.6 Å². The standard InChI is InChI=1S/C22H27IN2O6/c1-5-30-20(27)17-12-24(18-7-6-14(23)10-16(18)19(17)26)11-15-13-29-9-8-25(15)21(28)31-22(2,3)4/h6-7,10,12,15H,5,8-9,11,13H2,1-4H3/t15-/m0/s1. The van der Waals surface area contributed by atoms with Crippen LogP contribution in [0.15, 0.2) is 29.2 Å². The van der Waals surface area contributed by atoms with Crippen LogP contribution in [0.5, 0.6) is 0 Å². The first-order valence-electron chi connectivity index (χ1n) is 10.2. The minimum atomic E-state index is -0.661. The topological polar surface area (TPSA) is 87.1 Å². The highest BCUT2D eigenvalue weighted by atomic mass is 127. The molecule has 3 rings (SSSR count). The van der Waals surface area contributed by atoms with Gasteiger partial charge in [-0.1, -0.05) is 0 Å². The smallest absolute Gasteiger partial charge is 0.410 e. The van der Waals surface area contributed by atoms with E-state index in [9.17, 15) is 14.4 Å². The second kappa shape index (κ2) is 9.56. The monoisotopic (exact) mass is 542 g/mol. The highest BCUT2D eigenvalue weighted by molar-refractivity contribution is 14.1. The van der Waals surface area contributed by atoms with Crippen molar-refractivity contribution in [3.8, 4) is 0 Å². The summed E-state index contributed by atoms with van der Waals surface area (Å²) in [6.07, 6.45) is 1.10. The molecule has 9 heteroatoms. The number of rotatable bonds is 4. The lowest BCUT2D eigenvalue weighted by Crippen LogP contribution is -2.52. The zero-order chi connectivity index (χ0) is 22.8. The van der Waals surface area contributed by atoms with Crippen LogP contribution in [0, 0.1) is 3.57 Å². The number of aromatic nitrogens is 1. The van der Waals surface area contributed by atoms with E-state index in [0.29, 0.717) is 37.2 Å². The Morgan fingerprint density at radius 3 is 2.71 bits per heavy atom. The Morgan fingerprint density at radius 1 is 1.29 bits per heavy atom. The summed E-state index contributed by atoms with van der Waals surface area (Å²) in [5.41, 5.74) is -0.338. The van der Waals surface area contributed by atoms with Gasteiger partial charge in [-0.15, -0.1) is 0 Å². The third-order valence-electron chi connectivity index (χ3n) is 4.80. The number of amides is 1. The zero-order valence-corrected chi connectivity index (χ0v) is 20.3. The summed E-state index contributed by atoms with van der Waals surface area (Å²) in [7, 11) is 0. The average molecular weight is 542 g/mol. The first-order valence-corrected chi connectivity index (χ1v) is 11.3. The van der Waals surface area contributed by atoms with Crippen molar-refractivity contribution in [3.05, 3.63) is 43.8 Å². The third kappa shape index (κ3) is 5.57. The first kappa shape index (κ1) is 23.5. The number of carbonyl (C=O) groups excluding carboxylic acids is 2. The molecule has 1 aliphatic rings. The number of pyridine rings is 1. The molecule has 1 amide bonds. The van der Waals surface area contributed by atoms with E-state index in [1.165, 1.54) is 6.20 Å². The molecule has 0 spiro atoms. The van der Waals surface area contributed by atoms with E-state index in [0.717, 1.165) is 3.57 Å². The van der Waals surface area contributed by atoms with E-state index in [2.05, 4.69) is 22.6 Å². The molecule has 168 valence electrons. The molecule has 0 aliphatic carbocycles. The zero-order valence-electron chi connectivity index (χ0n) is 18.1. The molecule has 1 aromatic carbocycles. The summed E-state index contributed by atoms with van der Waals surface area (Å²) in [4.78, 5) is 39.8. The molecule has 0 bridgehead atoms. The molecule has 0 radical (unpaired) electrons. The van der Waals surface area contributed by atoms with Gasteiger partial charge in [0.1, 0.15) is 11.2 Å². The summed E-state index contributed by atoms with van der Waals surface area (Å²) >= 11 is 2.13. The molecule has 31 heavy (non-hydrogen) atoms. The predicted octanol–water partition coefficient (Wildman–Crippen LogP) is 3.42. The summed E-state index contributed by atoms with van der Waals surface area (Å²) in [5.74, 6) is -0.661. The maximum absolute atomic E-state index is 12.9. The molecule has 0 saturated carbocycles.